The largest absolute Gasteiger partial charge is 0.477 e. The summed E-state index contributed by atoms with van der Waals surface area (Å²) in [6, 6.07) is 0. The lowest BCUT2D eigenvalue weighted by molar-refractivity contribution is -0.131. The summed E-state index contributed by atoms with van der Waals surface area (Å²) in [5.74, 6) is -1.97. The summed E-state index contributed by atoms with van der Waals surface area (Å²) in [4.78, 5) is 37.2. The van der Waals surface area contributed by atoms with E-state index in [1.54, 1.807) is 0 Å². The second kappa shape index (κ2) is 6.58. The van der Waals surface area contributed by atoms with Gasteiger partial charge in [-0.1, -0.05) is 5.16 Å². The number of carboxylic acids is 1. The third-order valence-electron chi connectivity index (χ3n) is 2.36. The predicted octanol–water partition coefficient (Wildman–Crippen LogP) is -1.01. The number of carbonyl (C=O) groups excluding carboxylic acids is 2. The minimum Gasteiger partial charge on any atom is -0.477 e. The van der Waals surface area contributed by atoms with Gasteiger partial charge in [-0.3, -0.25) is 9.59 Å². The lowest BCUT2D eigenvalue weighted by Crippen LogP contribution is -2.35. The monoisotopic (exact) mass is 257 g/mol. The van der Waals surface area contributed by atoms with Gasteiger partial charge in [-0.15, -0.1) is 0 Å². The van der Waals surface area contributed by atoms with E-state index in [-0.39, 0.29) is 24.5 Å². The van der Waals surface area contributed by atoms with E-state index in [4.69, 9.17) is 15.7 Å². The highest BCUT2D eigenvalue weighted by atomic mass is 16.6. The van der Waals surface area contributed by atoms with E-state index in [0.717, 1.165) is 0 Å². The van der Waals surface area contributed by atoms with Crippen LogP contribution in [0.5, 0.6) is 0 Å². The molecule has 0 radical (unpaired) electrons. The molecule has 1 heterocycles. The number of amides is 2. The summed E-state index contributed by atoms with van der Waals surface area (Å²) in [5.41, 5.74) is 4.80. The number of rotatable bonds is 7. The standard InChI is InChI=1S/C10H15N3O5/c11-8(14)3-1-2-4-12-9(15)7-5-6(10(16)17)13-18-7/h7H,1-5H2,(H2,11,14)(H,12,15)(H,16,17). The van der Waals surface area contributed by atoms with Gasteiger partial charge in [0.05, 0.1) is 0 Å². The van der Waals surface area contributed by atoms with Crippen LogP contribution in [-0.2, 0) is 19.2 Å². The highest BCUT2D eigenvalue weighted by Crippen LogP contribution is 2.10. The number of carbonyl (C=O) groups is 3. The Hall–Kier alpha value is -2.12. The first-order valence-electron chi connectivity index (χ1n) is 5.52. The smallest absolute Gasteiger partial charge is 0.353 e. The van der Waals surface area contributed by atoms with Crippen molar-refractivity contribution in [2.45, 2.75) is 31.8 Å². The Morgan fingerprint density at radius 2 is 2.17 bits per heavy atom. The summed E-state index contributed by atoms with van der Waals surface area (Å²) in [6.45, 7) is 0.383. The van der Waals surface area contributed by atoms with Crippen molar-refractivity contribution in [1.82, 2.24) is 5.32 Å². The van der Waals surface area contributed by atoms with Crippen LogP contribution in [0.1, 0.15) is 25.7 Å². The molecule has 0 fully saturated rings. The molecular weight excluding hydrogens is 242 g/mol. The molecule has 8 nitrogen and oxygen atoms in total. The van der Waals surface area contributed by atoms with Crippen molar-refractivity contribution in [2.24, 2.45) is 10.9 Å². The molecule has 1 rings (SSSR count). The number of carboxylic acid groups (broad SMARTS) is 1. The molecule has 100 valence electrons. The Balaban J connectivity index is 2.16. The zero-order valence-electron chi connectivity index (χ0n) is 9.72. The Morgan fingerprint density at radius 1 is 1.44 bits per heavy atom. The third kappa shape index (κ3) is 4.40. The van der Waals surface area contributed by atoms with Crippen LogP contribution in [0.2, 0.25) is 0 Å². The van der Waals surface area contributed by atoms with Crippen LogP contribution in [0.15, 0.2) is 5.16 Å². The van der Waals surface area contributed by atoms with Crippen molar-refractivity contribution < 1.29 is 24.3 Å². The van der Waals surface area contributed by atoms with Gasteiger partial charge in [-0.25, -0.2) is 4.79 Å². The fourth-order valence-electron chi connectivity index (χ4n) is 1.39. The highest BCUT2D eigenvalue weighted by molar-refractivity contribution is 6.36. The minimum atomic E-state index is -1.19. The van der Waals surface area contributed by atoms with Gasteiger partial charge in [0.15, 0.2) is 5.71 Å². The molecule has 18 heavy (non-hydrogen) atoms. The molecule has 1 unspecified atom stereocenters. The van der Waals surface area contributed by atoms with Crippen LogP contribution in [-0.4, -0.2) is 41.3 Å². The lowest BCUT2D eigenvalue weighted by Gasteiger charge is -2.08. The van der Waals surface area contributed by atoms with Gasteiger partial charge in [0, 0.05) is 19.4 Å². The molecule has 0 aromatic heterocycles. The molecule has 0 saturated carbocycles. The number of nitrogens with two attached hydrogens (primary N) is 1. The summed E-state index contributed by atoms with van der Waals surface area (Å²) in [7, 11) is 0. The first-order valence-corrected chi connectivity index (χ1v) is 5.52. The predicted molar refractivity (Wildman–Crippen MR) is 60.6 cm³/mol. The van der Waals surface area contributed by atoms with E-state index in [2.05, 4.69) is 10.5 Å². The molecule has 0 spiro atoms. The maximum atomic E-state index is 11.5. The number of nitrogens with zero attached hydrogens (tertiary/aromatic N) is 1. The number of unbranched alkanes of at least 4 members (excludes halogenated alkanes) is 1. The minimum absolute atomic E-state index is 0.0392. The molecule has 4 N–H and O–H groups in total. The number of oxime groups is 1. The SMILES string of the molecule is NC(=O)CCCCNC(=O)C1CC(C(=O)O)=NO1. The van der Waals surface area contributed by atoms with Crippen molar-refractivity contribution in [1.29, 1.82) is 0 Å². The van der Waals surface area contributed by atoms with Gasteiger partial charge in [-0.05, 0) is 12.8 Å². The Labute approximate surface area is 103 Å². The first-order chi connectivity index (χ1) is 8.50. The maximum Gasteiger partial charge on any atom is 0.353 e. The topological polar surface area (TPSA) is 131 Å². The van der Waals surface area contributed by atoms with Crippen molar-refractivity contribution >= 4 is 23.5 Å². The lowest BCUT2D eigenvalue weighted by atomic mass is 10.1. The van der Waals surface area contributed by atoms with Gasteiger partial charge in [-0.2, -0.15) is 0 Å². The van der Waals surface area contributed by atoms with Crippen LogP contribution in [0, 0.1) is 0 Å². The van der Waals surface area contributed by atoms with Crippen molar-refractivity contribution in [3.05, 3.63) is 0 Å². The third-order valence-corrected chi connectivity index (χ3v) is 2.36. The van der Waals surface area contributed by atoms with Crippen LogP contribution in [0.25, 0.3) is 0 Å². The summed E-state index contributed by atoms with van der Waals surface area (Å²) < 4.78 is 0. The summed E-state index contributed by atoms with van der Waals surface area (Å²) in [5, 5.41) is 14.5. The Kier molecular flexibility index (Phi) is 5.09. The van der Waals surface area contributed by atoms with Crippen LogP contribution in [0.4, 0.5) is 0 Å². The van der Waals surface area contributed by atoms with E-state index in [9.17, 15) is 14.4 Å². The summed E-state index contributed by atoms with van der Waals surface area (Å²) in [6.07, 6.45) is 0.573. The zero-order valence-corrected chi connectivity index (χ0v) is 9.72. The maximum absolute atomic E-state index is 11.5. The number of primary amides is 1. The van der Waals surface area contributed by atoms with Gasteiger partial charge >= 0.3 is 5.97 Å². The molecule has 1 aliphatic rings. The highest BCUT2D eigenvalue weighted by Gasteiger charge is 2.31. The second-order valence-corrected chi connectivity index (χ2v) is 3.86. The quantitative estimate of drug-likeness (QED) is 0.503. The van der Waals surface area contributed by atoms with Gasteiger partial charge in [0.25, 0.3) is 5.91 Å². The van der Waals surface area contributed by atoms with Crippen molar-refractivity contribution in [3.8, 4) is 0 Å². The first kappa shape index (κ1) is 13.9. The van der Waals surface area contributed by atoms with Crippen LogP contribution < -0.4 is 11.1 Å². The number of nitrogens with one attached hydrogen (secondary N) is 1. The average molecular weight is 257 g/mol. The molecular formula is C10H15N3O5. The normalized spacial score (nSPS) is 17.8. The molecule has 0 aromatic rings. The molecule has 2 amide bonds. The van der Waals surface area contributed by atoms with Crippen LogP contribution >= 0.6 is 0 Å². The zero-order chi connectivity index (χ0) is 13.5. The molecule has 0 saturated heterocycles. The van der Waals surface area contributed by atoms with E-state index in [1.165, 1.54) is 0 Å². The van der Waals surface area contributed by atoms with E-state index >= 15 is 0 Å². The van der Waals surface area contributed by atoms with Crippen LogP contribution in [0.3, 0.4) is 0 Å². The van der Waals surface area contributed by atoms with Gasteiger partial charge in [0.2, 0.25) is 12.0 Å². The van der Waals surface area contributed by atoms with Crippen molar-refractivity contribution in [3.63, 3.8) is 0 Å². The Bertz CT molecular complexity index is 380. The second-order valence-electron chi connectivity index (χ2n) is 3.86. The van der Waals surface area contributed by atoms with Gasteiger partial charge < -0.3 is 21.0 Å². The molecule has 1 atom stereocenters. The molecule has 8 heteroatoms. The van der Waals surface area contributed by atoms with E-state index in [0.29, 0.717) is 19.4 Å². The van der Waals surface area contributed by atoms with Crippen molar-refractivity contribution in [2.75, 3.05) is 6.54 Å². The molecule has 0 bridgehead atoms. The summed E-state index contributed by atoms with van der Waals surface area (Å²) >= 11 is 0. The van der Waals surface area contributed by atoms with E-state index < -0.39 is 18.0 Å². The van der Waals surface area contributed by atoms with E-state index in [1.807, 2.05) is 0 Å². The number of aliphatic carboxylic acids is 1. The number of hydrogen-bond donors (Lipinski definition) is 3. The van der Waals surface area contributed by atoms with Gasteiger partial charge in [0.1, 0.15) is 0 Å². The molecule has 0 aromatic carbocycles. The fourth-order valence-corrected chi connectivity index (χ4v) is 1.39. The fraction of sp³-hybridized carbons (Fsp3) is 0.600. The molecule has 0 aliphatic carbocycles. The number of hydrogen-bond acceptors (Lipinski definition) is 5. The average Bonchev–Trinajstić information content (AvgIpc) is 2.77. The Morgan fingerprint density at radius 3 is 2.72 bits per heavy atom. The molecule has 1 aliphatic heterocycles.